The van der Waals surface area contributed by atoms with Gasteiger partial charge in [-0.15, -0.1) is 0 Å². The number of hydrogen-bond donors (Lipinski definition) is 1. The molecule has 1 unspecified atom stereocenters. The number of carbonyl (C=O) groups excluding carboxylic acids is 1. The van der Waals surface area contributed by atoms with Crippen LogP contribution in [0.2, 0.25) is 0 Å². The van der Waals surface area contributed by atoms with Crippen LogP contribution in [0, 0.1) is 0 Å². The zero-order valence-corrected chi connectivity index (χ0v) is 11.9. The Kier molecular flexibility index (Phi) is 3.92. The van der Waals surface area contributed by atoms with Gasteiger partial charge in [-0.05, 0) is 42.5 Å². The summed E-state index contributed by atoms with van der Waals surface area (Å²) >= 11 is 0. The standard InChI is InChI=1S/C16H19NO4/c18-15(19)9-14-10-21-7-6-17(14)16(20)13-5-4-11-2-1-3-12(11)8-13/h4-5,8,14H,1-3,6-7,9-10H2,(H,18,19). The molecule has 1 amide bonds. The van der Waals surface area contributed by atoms with Crippen molar-refractivity contribution in [2.75, 3.05) is 19.8 Å². The normalized spacial score (nSPS) is 21.1. The Hall–Kier alpha value is -1.88. The summed E-state index contributed by atoms with van der Waals surface area (Å²) in [5.41, 5.74) is 3.24. The molecular weight excluding hydrogens is 270 g/mol. The van der Waals surface area contributed by atoms with Crippen molar-refractivity contribution in [2.45, 2.75) is 31.7 Å². The summed E-state index contributed by atoms with van der Waals surface area (Å²) in [6.07, 6.45) is 3.18. The summed E-state index contributed by atoms with van der Waals surface area (Å²) in [6.45, 7) is 1.21. The molecule has 0 spiro atoms. The lowest BCUT2D eigenvalue weighted by Crippen LogP contribution is -2.49. The van der Waals surface area contributed by atoms with E-state index in [9.17, 15) is 9.59 Å². The molecule has 1 N–H and O–H groups in total. The van der Waals surface area contributed by atoms with Gasteiger partial charge >= 0.3 is 5.97 Å². The molecule has 0 radical (unpaired) electrons. The number of amides is 1. The molecule has 1 aliphatic heterocycles. The number of aliphatic carboxylic acids is 1. The van der Waals surface area contributed by atoms with Gasteiger partial charge in [0, 0.05) is 12.1 Å². The van der Waals surface area contributed by atoms with Crippen LogP contribution in [0.25, 0.3) is 0 Å². The number of nitrogens with zero attached hydrogens (tertiary/aromatic N) is 1. The smallest absolute Gasteiger partial charge is 0.305 e. The number of ether oxygens (including phenoxy) is 1. The second kappa shape index (κ2) is 5.85. The summed E-state index contributed by atoms with van der Waals surface area (Å²) in [5.74, 6) is -0.989. The molecule has 1 aliphatic carbocycles. The lowest BCUT2D eigenvalue weighted by molar-refractivity contribution is -0.139. The zero-order chi connectivity index (χ0) is 14.8. The Labute approximate surface area is 123 Å². The van der Waals surface area contributed by atoms with Crippen molar-refractivity contribution in [3.8, 4) is 0 Å². The van der Waals surface area contributed by atoms with Gasteiger partial charge in [0.25, 0.3) is 5.91 Å². The van der Waals surface area contributed by atoms with Crippen molar-refractivity contribution in [3.63, 3.8) is 0 Å². The first-order valence-electron chi connectivity index (χ1n) is 7.37. The van der Waals surface area contributed by atoms with Crippen molar-refractivity contribution in [2.24, 2.45) is 0 Å². The monoisotopic (exact) mass is 289 g/mol. The number of aryl methyl sites for hydroxylation is 2. The Morgan fingerprint density at radius 1 is 1.29 bits per heavy atom. The zero-order valence-electron chi connectivity index (χ0n) is 11.9. The Balaban J connectivity index is 1.80. The highest BCUT2D eigenvalue weighted by atomic mass is 16.5. The molecule has 3 rings (SSSR count). The van der Waals surface area contributed by atoms with E-state index in [-0.39, 0.29) is 18.4 Å². The summed E-state index contributed by atoms with van der Waals surface area (Å²) in [4.78, 5) is 25.2. The van der Waals surface area contributed by atoms with Crippen LogP contribution in [0.1, 0.15) is 34.3 Å². The van der Waals surface area contributed by atoms with E-state index in [1.54, 1.807) is 4.90 Å². The van der Waals surface area contributed by atoms with E-state index in [4.69, 9.17) is 9.84 Å². The summed E-state index contributed by atoms with van der Waals surface area (Å²) in [6, 6.07) is 5.48. The van der Waals surface area contributed by atoms with E-state index in [1.165, 1.54) is 11.1 Å². The van der Waals surface area contributed by atoms with Gasteiger partial charge in [-0.25, -0.2) is 0 Å². The van der Waals surface area contributed by atoms with Crippen LogP contribution >= 0.6 is 0 Å². The largest absolute Gasteiger partial charge is 0.481 e. The van der Waals surface area contributed by atoms with Gasteiger partial charge in [-0.1, -0.05) is 6.07 Å². The van der Waals surface area contributed by atoms with Gasteiger partial charge in [0.2, 0.25) is 0 Å². The van der Waals surface area contributed by atoms with E-state index in [0.29, 0.717) is 25.3 Å². The van der Waals surface area contributed by atoms with Crippen LogP contribution in [-0.4, -0.2) is 47.7 Å². The van der Waals surface area contributed by atoms with E-state index in [2.05, 4.69) is 0 Å². The third kappa shape index (κ3) is 2.93. The molecule has 0 saturated carbocycles. The molecule has 1 aromatic carbocycles. The number of morpholine rings is 1. The third-order valence-corrected chi connectivity index (χ3v) is 4.24. The molecule has 1 heterocycles. The Bertz CT molecular complexity index is 569. The molecule has 1 saturated heterocycles. The van der Waals surface area contributed by atoms with Crippen LogP contribution in [0.15, 0.2) is 18.2 Å². The fraction of sp³-hybridized carbons (Fsp3) is 0.500. The van der Waals surface area contributed by atoms with Gasteiger partial charge < -0.3 is 14.7 Å². The van der Waals surface area contributed by atoms with Gasteiger partial charge in [0.05, 0.1) is 25.7 Å². The minimum Gasteiger partial charge on any atom is -0.481 e. The lowest BCUT2D eigenvalue weighted by atomic mass is 10.0. The van der Waals surface area contributed by atoms with Crippen LogP contribution < -0.4 is 0 Å². The maximum absolute atomic E-state index is 12.7. The van der Waals surface area contributed by atoms with E-state index in [0.717, 1.165) is 19.3 Å². The predicted molar refractivity (Wildman–Crippen MR) is 76.4 cm³/mol. The first-order valence-corrected chi connectivity index (χ1v) is 7.37. The van der Waals surface area contributed by atoms with E-state index < -0.39 is 5.97 Å². The highest BCUT2D eigenvalue weighted by Gasteiger charge is 2.30. The van der Waals surface area contributed by atoms with Crippen molar-refractivity contribution in [1.29, 1.82) is 0 Å². The molecule has 2 aliphatic rings. The van der Waals surface area contributed by atoms with E-state index in [1.807, 2.05) is 18.2 Å². The first kappa shape index (κ1) is 14.1. The molecule has 112 valence electrons. The van der Waals surface area contributed by atoms with Crippen molar-refractivity contribution >= 4 is 11.9 Å². The predicted octanol–water partition coefficient (Wildman–Crippen LogP) is 1.49. The van der Waals surface area contributed by atoms with E-state index >= 15 is 0 Å². The average molecular weight is 289 g/mol. The van der Waals surface area contributed by atoms with Crippen LogP contribution in [0.4, 0.5) is 0 Å². The molecule has 0 bridgehead atoms. The van der Waals surface area contributed by atoms with Gasteiger partial charge in [-0.2, -0.15) is 0 Å². The number of carbonyl (C=O) groups is 2. The lowest BCUT2D eigenvalue weighted by Gasteiger charge is -2.35. The second-order valence-corrected chi connectivity index (χ2v) is 5.66. The number of rotatable bonds is 3. The van der Waals surface area contributed by atoms with Gasteiger partial charge in [0.15, 0.2) is 0 Å². The summed E-state index contributed by atoms with van der Waals surface area (Å²) in [5, 5.41) is 8.97. The average Bonchev–Trinajstić information content (AvgIpc) is 2.94. The van der Waals surface area contributed by atoms with Crippen LogP contribution in [-0.2, 0) is 22.4 Å². The SMILES string of the molecule is O=C(O)CC1COCCN1C(=O)c1ccc2c(c1)CCC2. The quantitative estimate of drug-likeness (QED) is 0.915. The highest BCUT2D eigenvalue weighted by molar-refractivity contribution is 5.95. The molecule has 1 atom stereocenters. The van der Waals surface area contributed by atoms with Crippen molar-refractivity contribution < 1.29 is 19.4 Å². The van der Waals surface area contributed by atoms with Crippen LogP contribution in [0.3, 0.4) is 0 Å². The molecule has 5 nitrogen and oxygen atoms in total. The first-order chi connectivity index (χ1) is 10.1. The molecule has 1 aromatic rings. The maximum Gasteiger partial charge on any atom is 0.305 e. The molecule has 1 fully saturated rings. The Morgan fingerprint density at radius 2 is 2.10 bits per heavy atom. The third-order valence-electron chi connectivity index (χ3n) is 4.24. The number of carboxylic acid groups (broad SMARTS) is 1. The number of carboxylic acids is 1. The van der Waals surface area contributed by atoms with Crippen molar-refractivity contribution in [3.05, 3.63) is 34.9 Å². The minimum absolute atomic E-state index is 0.0727. The summed E-state index contributed by atoms with van der Waals surface area (Å²) < 4.78 is 5.32. The fourth-order valence-electron chi connectivity index (χ4n) is 3.16. The fourth-order valence-corrected chi connectivity index (χ4v) is 3.16. The molecule has 5 heteroatoms. The molecule has 0 aromatic heterocycles. The minimum atomic E-state index is -0.905. The molecular formula is C16H19NO4. The second-order valence-electron chi connectivity index (χ2n) is 5.66. The van der Waals surface area contributed by atoms with Gasteiger partial charge in [0.1, 0.15) is 0 Å². The Morgan fingerprint density at radius 3 is 2.90 bits per heavy atom. The number of fused-ring (bicyclic) bond motifs is 1. The summed E-state index contributed by atoms with van der Waals surface area (Å²) in [7, 11) is 0. The number of hydrogen-bond acceptors (Lipinski definition) is 3. The van der Waals surface area contributed by atoms with Crippen molar-refractivity contribution in [1.82, 2.24) is 4.90 Å². The van der Waals surface area contributed by atoms with Crippen LogP contribution in [0.5, 0.6) is 0 Å². The van der Waals surface area contributed by atoms with Gasteiger partial charge in [-0.3, -0.25) is 9.59 Å². The molecule has 21 heavy (non-hydrogen) atoms. The highest BCUT2D eigenvalue weighted by Crippen LogP contribution is 2.24. The number of benzene rings is 1. The topological polar surface area (TPSA) is 66.8 Å². The maximum atomic E-state index is 12.7.